The maximum absolute atomic E-state index is 14.0. The lowest BCUT2D eigenvalue weighted by Gasteiger charge is -2.38. The number of carbonyl (C=O) groups is 1. The number of hydrogen-bond donors (Lipinski definition) is 1. The van der Waals surface area contributed by atoms with Gasteiger partial charge < -0.3 is 14.8 Å². The summed E-state index contributed by atoms with van der Waals surface area (Å²) in [5, 5.41) is 2.92. The van der Waals surface area contributed by atoms with Crippen molar-refractivity contribution >= 4 is 21.8 Å². The molecule has 0 aromatic heterocycles. The molecule has 26 heavy (non-hydrogen) atoms. The predicted octanol–water partition coefficient (Wildman–Crippen LogP) is 4.08. The first-order valence-electron chi connectivity index (χ1n) is 8.50. The molecular weight excluding hydrogens is 401 g/mol. The van der Waals surface area contributed by atoms with Gasteiger partial charge in [-0.05, 0) is 48.7 Å². The second kappa shape index (κ2) is 8.18. The summed E-state index contributed by atoms with van der Waals surface area (Å²) in [6, 6.07) is 12.2. The van der Waals surface area contributed by atoms with Crippen LogP contribution in [0.25, 0.3) is 0 Å². The molecule has 1 amide bonds. The highest BCUT2D eigenvalue weighted by Crippen LogP contribution is 2.35. The van der Waals surface area contributed by atoms with Gasteiger partial charge in [-0.1, -0.05) is 28.1 Å². The molecule has 2 aromatic carbocycles. The zero-order valence-electron chi connectivity index (χ0n) is 14.6. The molecule has 3 rings (SSSR count). The van der Waals surface area contributed by atoms with E-state index in [4.69, 9.17) is 9.47 Å². The van der Waals surface area contributed by atoms with Crippen molar-refractivity contribution in [3.05, 3.63) is 63.9 Å². The number of benzene rings is 2. The third kappa shape index (κ3) is 4.07. The van der Waals surface area contributed by atoms with E-state index >= 15 is 0 Å². The van der Waals surface area contributed by atoms with E-state index in [0.29, 0.717) is 24.2 Å². The summed E-state index contributed by atoms with van der Waals surface area (Å²) in [4.78, 5) is 12.5. The van der Waals surface area contributed by atoms with Gasteiger partial charge in [-0.2, -0.15) is 0 Å². The summed E-state index contributed by atoms with van der Waals surface area (Å²) in [5.74, 6) is -0.157. The van der Waals surface area contributed by atoms with E-state index in [0.717, 1.165) is 24.2 Å². The van der Waals surface area contributed by atoms with Crippen molar-refractivity contribution in [1.29, 1.82) is 0 Å². The molecule has 1 heterocycles. The highest BCUT2D eigenvalue weighted by molar-refractivity contribution is 9.10. The molecule has 0 unspecified atom stereocenters. The number of rotatable bonds is 5. The molecule has 0 bridgehead atoms. The molecule has 6 heteroatoms. The normalized spacial score (nSPS) is 16.1. The average molecular weight is 422 g/mol. The smallest absolute Gasteiger partial charge is 0.254 e. The lowest BCUT2D eigenvalue weighted by molar-refractivity contribution is 0.0486. The van der Waals surface area contributed by atoms with Crippen molar-refractivity contribution in [1.82, 2.24) is 5.32 Å². The van der Waals surface area contributed by atoms with E-state index in [-0.39, 0.29) is 11.0 Å². The highest BCUT2D eigenvalue weighted by Gasteiger charge is 2.35. The molecule has 0 radical (unpaired) electrons. The van der Waals surface area contributed by atoms with Gasteiger partial charge >= 0.3 is 0 Å². The van der Waals surface area contributed by atoms with Crippen LogP contribution in [0, 0.1) is 5.82 Å². The standard InChI is InChI=1S/C20H21BrFNO3/c1-25-16-5-2-14(3-6-16)20(8-10-26-11-9-20)13-23-19(24)17-12-15(21)4-7-18(17)22/h2-7,12H,8-11,13H2,1H3,(H,23,24). The highest BCUT2D eigenvalue weighted by atomic mass is 79.9. The maximum atomic E-state index is 14.0. The summed E-state index contributed by atoms with van der Waals surface area (Å²) >= 11 is 3.28. The molecule has 0 aliphatic carbocycles. The predicted molar refractivity (Wildman–Crippen MR) is 101 cm³/mol. The molecule has 1 fully saturated rings. The van der Waals surface area contributed by atoms with E-state index in [9.17, 15) is 9.18 Å². The third-order valence-corrected chi connectivity index (χ3v) is 5.41. The van der Waals surface area contributed by atoms with Crippen LogP contribution in [0.4, 0.5) is 4.39 Å². The van der Waals surface area contributed by atoms with Crippen LogP contribution >= 0.6 is 15.9 Å². The minimum Gasteiger partial charge on any atom is -0.497 e. The van der Waals surface area contributed by atoms with Gasteiger partial charge in [-0.15, -0.1) is 0 Å². The van der Waals surface area contributed by atoms with Crippen LogP contribution in [0.1, 0.15) is 28.8 Å². The van der Waals surface area contributed by atoms with E-state index in [1.54, 1.807) is 13.2 Å². The van der Waals surface area contributed by atoms with Crippen molar-refractivity contribution in [2.24, 2.45) is 0 Å². The van der Waals surface area contributed by atoms with Gasteiger partial charge in [-0.3, -0.25) is 4.79 Å². The molecule has 4 nitrogen and oxygen atoms in total. The minimum absolute atomic E-state index is 0.0383. The quantitative estimate of drug-likeness (QED) is 0.790. The Morgan fingerprint density at radius 2 is 1.92 bits per heavy atom. The Morgan fingerprint density at radius 1 is 1.23 bits per heavy atom. The molecule has 138 valence electrons. The maximum Gasteiger partial charge on any atom is 0.254 e. The number of ether oxygens (including phenoxy) is 2. The number of amides is 1. The second-order valence-corrected chi connectivity index (χ2v) is 7.34. The van der Waals surface area contributed by atoms with E-state index in [1.807, 2.05) is 24.3 Å². The van der Waals surface area contributed by atoms with Crippen LogP contribution in [-0.4, -0.2) is 32.8 Å². The Kier molecular flexibility index (Phi) is 5.94. The van der Waals surface area contributed by atoms with Crippen LogP contribution in [-0.2, 0) is 10.2 Å². The summed E-state index contributed by atoms with van der Waals surface area (Å²) in [6.45, 7) is 1.69. The number of nitrogens with one attached hydrogen (secondary N) is 1. The first-order valence-corrected chi connectivity index (χ1v) is 9.29. The van der Waals surface area contributed by atoms with Crippen LogP contribution < -0.4 is 10.1 Å². The molecule has 2 aromatic rings. The minimum atomic E-state index is -0.531. The fourth-order valence-corrected chi connectivity index (χ4v) is 3.65. The summed E-state index contributed by atoms with van der Waals surface area (Å²) in [5.41, 5.74) is 0.927. The molecule has 1 aliphatic rings. The third-order valence-electron chi connectivity index (χ3n) is 4.91. The van der Waals surface area contributed by atoms with Crippen LogP contribution in [0.2, 0.25) is 0 Å². The number of halogens is 2. The molecular formula is C20H21BrFNO3. The topological polar surface area (TPSA) is 47.6 Å². The van der Waals surface area contributed by atoms with Gasteiger partial charge in [0, 0.05) is 29.6 Å². The summed E-state index contributed by atoms with van der Waals surface area (Å²) < 4.78 is 25.4. The van der Waals surface area contributed by atoms with Crippen molar-refractivity contribution in [2.45, 2.75) is 18.3 Å². The molecule has 0 saturated carbocycles. The largest absolute Gasteiger partial charge is 0.497 e. The second-order valence-electron chi connectivity index (χ2n) is 6.43. The van der Waals surface area contributed by atoms with E-state index in [2.05, 4.69) is 21.2 Å². The lowest BCUT2D eigenvalue weighted by Crippen LogP contribution is -2.44. The van der Waals surface area contributed by atoms with Gasteiger partial charge in [0.2, 0.25) is 0 Å². The average Bonchev–Trinajstić information content (AvgIpc) is 2.69. The first kappa shape index (κ1) is 18.9. The Bertz CT molecular complexity index is 773. The van der Waals surface area contributed by atoms with Crippen molar-refractivity contribution in [3.8, 4) is 5.75 Å². The van der Waals surface area contributed by atoms with Crippen molar-refractivity contribution in [3.63, 3.8) is 0 Å². The summed E-state index contributed by atoms with van der Waals surface area (Å²) in [7, 11) is 1.63. The molecule has 1 aliphatic heterocycles. The van der Waals surface area contributed by atoms with Crippen molar-refractivity contribution in [2.75, 3.05) is 26.9 Å². The number of hydrogen-bond acceptors (Lipinski definition) is 3. The Balaban J connectivity index is 1.80. The van der Waals surface area contributed by atoms with Gasteiger partial charge in [0.1, 0.15) is 11.6 Å². The van der Waals surface area contributed by atoms with Crippen molar-refractivity contribution < 1.29 is 18.7 Å². The Labute approximate surface area is 160 Å². The van der Waals surface area contributed by atoms with E-state index in [1.165, 1.54) is 12.1 Å². The fraction of sp³-hybridized carbons (Fsp3) is 0.350. The van der Waals surface area contributed by atoms with E-state index < -0.39 is 11.7 Å². The van der Waals surface area contributed by atoms with Gasteiger partial charge in [0.25, 0.3) is 5.91 Å². The zero-order valence-corrected chi connectivity index (χ0v) is 16.1. The van der Waals surface area contributed by atoms with Crippen LogP contribution in [0.15, 0.2) is 46.9 Å². The Morgan fingerprint density at radius 3 is 2.58 bits per heavy atom. The number of carbonyl (C=O) groups excluding carboxylic acids is 1. The molecule has 0 atom stereocenters. The van der Waals surface area contributed by atoms with Gasteiger partial charge in [0.15, 0.2) is 0 Å². The zero-order chi connectivity index (χ0) is 18.6. The van der Waals surface area contributed by atoms with Gasteiger partial charge in [-0.25, -0.2) is 4.39 Å². The Hall–Kier alpha value is -1.92. The van der Waals surface area contributed by atoms with Crippen LogP contribution in [0.3, 0.4) is 0 Å². The molecule has 1 N–H and O–H groups in total. The van der Waals surface area contributed by atoms with Gasteiger partial charge in [0.05, 0.1) is 12.7 Å². The van der Waals surface area contributed by atoms with Crippen LogP contribution in [0.5, 0.6) is 5.75 Å². The molecule has 1 saturated heterocycles. The fourth-order valence-electron chi connectivity index (χ4n) is 3.29. The SMILES string of the molecule is COc1ccc(C2(CNC(=O)c3cc(Br)ccc3F)CCOCC2)cc1. The monoisotopic (exact) mass is 421 g/mol. The molecule has 0 spiro atoms. The first-order chi connectivity index (χ1) is 12.5. The summed E-state index contributed by atoms with van der Waals surface area (Å²) in [6.07, 6.45) is 1.58. The number of methoxy groups -OCH3 is 1. The lowest BCUT2D eigenvalue weighted by atomic mass is 9.74.